The molecule has 1 aliphatic carbocycles. The van der Waals surface area contributed by atoms with Crippen molar-refractivity contribution in [2.24, 2.45) is 5.92 Å². The molecule has 2 rings (SSSR count). The quantitative estimate of drug-likeness (QED) is 0.604. The van der Waals surface area contributed by atoms with Crippen LogP contribution in [0.1, 0.15) is 72.1 Å². The molecule has 1 fully saturated rings. The SMILES string of the molecule is CCCCN(C(=O)CN(C)C1CCC(CC)CC1)c1c(N)n(CCC)c(=O)[nH]c1=O. The molecule has 0 aliphatic heterocycles. The highest BCUT2D eigenvalue weighted by molar-refractivity contribution is 5.96. The Balaban J connectivity index is 2.25. The minimum Gasteiger partial charge on any atom is -0.383 e. The number of H-pyrrole nitrogens is 1. The number of likely N-dealkylation sites (N-methyl/N-ethyl adjacent to an activating group) is 1. The number of hydrogen-bond donors (Lipinski definition) is 2. The fraction of sp³-hybridized carbons (Fsp3) is 0.773. The second-order valence-electron chi connectivity index (χ2n) is 8.54. The third kappa shape index (κ3) is 5.74. The summed E-state index contributed by atoms with van der Waals surface area (Å²) in [6, 6.07) is 0.384. The van der Waals surface area contributed by atoms with Gasteiger partial charge in [-0.3, -0.25) is 24.0 Å². The van der Waals surface area contributed by atoms with Crippen molar-refractivity contribution in [1.82, 2.24) is 14.5 Å². The monoisotopic (exact) mass is 421 g/mol. The normalized spacial score (nSPS) is 19.2. The van der Waals surface area contributed by atoms with Crippen molar-refractivity contribution < 1.29 is 4.79 Å². The van der Waals surface area contributed by atoms with Crippen molar-refractivity contribution in [3.05, 3.63) is 20.8 Å². The van der Waals surface area contributed by atoms with Gasteiger partial charge in [-0.2, -0.15) is 0 Å². The number of nitrogen functional groups attached to an aromatic ring is 1. The van der Waals surface area contributed by atoms with E-state index in [1.165, 1.54) is 28.7 Å². The number of aromatic amines is 1. The summed E-state index contributed by atoms with van der Waals surface area (Å²) in [6.45, 7) is 7.24. The summed E-state index contributed by atoms with van der Waals surface area (Å²) in [7, 11) is 1.98. The molecule has 0 bridgehead atoms. The zero-order valence-electron chi connectivity index (χ0n) is 19.1. The number of carbonyl (C=O) groups excluding carboxylic acids is 1. The summed E-state index contributed by atoms with van der Waals surface area (Å²) >= 11 is 0. The second-order valence-corrected chi connectivity index (χ2v) is 8.54. The van der Waals surface area contributed by atoms with Crippen LogP contribution >= 0.6 is 0 Å². The van der Waals surface area contributed by atoms with E-state index in [-0.39, 0.29) is 24.0 Å². The molecule has 1 aliphatic rings. The molecule has 1 heterocycles. The van der Waals surface area contributed by atoms with E-state index in [0.717, 1.165) is 31.6 Å². The molecule has 8 nitrogen and oxygen atoms in total. The molecule has 8 heteroatoms. The Bertz CT molecular complexity index is 808. The lowest BCUT2D eigenvalue weighted by Crippen LogP contribution is -2.47. The molecule has 0 radical (unpaired) electrons. The summed E-state index contributed by atoms with van der Waals surface area (Å²) < 4.78 is 1.35. The van der Waals surface area contributed by atoms with E-state index in [1.807, 2.05) is 20.9 Å². The standard InChI is InChI=1S/C22H39N5O3/c1-5-8-14-26(19-20(23)27(13-6-2)22(30)24-21(19)29)18(28)15-25(4)17-11-9-16(7-3)10-12-17/h16-17H,5-15,23H2,1-4H3,(H,24,29,30). The highest BCUT2D eigenvalue weighted by atomic mass is 16.2. The number of amides is 1. The van der Waals surface area contributed by atoms with Gasteiger partial charge in [0.1, 0.15) is 5.82 Å². The van der Waals surface area contributed by atoms with Crippen LogP contribution in [0.5, 0.6) is 0 Å². The van der Waals surface area contributed by atoms with E-state index < -0.39 is 11.2 Å². The molecule has 0 spiro atoms. The van der Waals surface area contributed by atoms with Gasteiger partial charge in [0.15, 0.2) is 5.69 Å². The van der Waals surface area contributed by atoms with Gasteiger partial charge < -0.3 is 10.6 Å². The summed E-state index contributed by atoms with van der Waals surface area (Å²) in [5.74, 6) is 0.716. The molecule has 1 saturated carbocycles. The third-order valence-corrected chi connectivity index (χ3v) is 6.37. The first-order valence-corrected chi connectivity index (χ1v) is 11.5. The molecular weight excluding hydrogens is 382 g/mol. The van der Waals surface area contributed by atoms with Crippen molar-refractivity contribution in [3.8, 4) is 0 Å². The minimum atomic E-state index is -0.597. The molecule has 1 aromatic heterocycles. The molecule has 30 heavy (non-hydrogen) atoms. The van der Waals surface area contributed by atoms with Gasteiger partial charge in [0.25, 0.3) is 5.56 Å². The maximum absolute atomic E-state index is 13.3. The van der Waals surface area contributed by atoms with E-state index in [9.17, 15) is 14.4 Å². The Morgan fingerprint density at radius 3 is 2.37 bits per heavy atom. The molecule has 0 saturated heterocycles. The molecule has 0 aromatic carbocycles. The zero-order chi connectivity index (χ0) is 22.3. The number of aromatic nitrogens is 2. The molecular formula is C22H39N5O3. The highest BCUT2D eigenvalue weighted by Crippen LogP contribution is 2.29. The summed E-state index contributed by atoms with van der Waals surface area (Å²) in [5.41, 5.74) is 5.19. The molecule has 170 valence electrons. The number of hydrogen-bond acceptors (Lipinski definition) is 5. The van der Waals surface area contributed by atoms with Crippen LogP contribution < -0.4 is 21.9 Å². The molecule has 0 unspecified atom stereocenters. The zero-order valence-corrected chi connectivity index (χ0v) is 19.1. The highest BCUT2D eigenvalue weighted by Gasteiger charge is 2.28. The number of carbonyl (C=O) groups is 1. The molecule has 0 atom stereocenters. The van der Waals surface area contributed by atoms with Gasteiger partial charge in [0, 0.05) is 19.1 Å². The Morgan fingerprint density at radius 1 is 1.13 bits per heavy atom. The first kappa shape index (κ1) is 24.2. The van der Waals surface area contributed by atoms with Gasteiger partial charge >= 0.3 is 5.69 Å². The van der Waals surface area contributed by atoms with Gasteiger partial charge in [-0.1, -0.05) is 33.6 Å². The first-order chi connectivity index (χ1) is 14.3. The maximum Gasteiger partial charge on any atom is 0.330 e. The van der Waals surface area contributed by atoms with Crippen LogP contribution in [-0.4, -0.2) is 46.5 Å². The Kier molecular flexibility index (Phi) is 9.14. The van der Waals surface area contributed by atoms with E-state index in [1.54, 1.807) is 0 Å². The van der Waals surface area contributed by atoms with Crippen LogP contribution in [0.25, 0.3) is 0 Å². The van der Waals surface area contributed by atoms with Gasteiger partial charge in [-0.25, -0.2) is 4.79 Å². The van der Waals surface area contributed by atoms with E-state index >= 15 is 0 Å². The lowest BCUT2D eigenvalue weighted by Gasteiger charge is -2.35. The topological polar surface area (TPSA) is 104 Å². The van der Waals surface area contributed by atoms with Crippen molar-refractivity contribution in [2.75, 3.05) is 30.8 Å². The van der Waals surface area contributed by atoms with Gasteiger partial charge in [0.2, 0.25) is 5.91 Å². The second kappa shape index (κ2) is 11.3. The fourth-order valence-electron chi connectivity index (χ4n) is 4.38. The Hall–Kier alpha value is -2.09. The maximum atomic E-state index is 13.3. The summed E-state index contributed by atoms with van der Waals surface area (Å²) in [5, 5.41) is 0. The summed E-state index contributed by atoms with van der Waals surface area (Å²) in [4.78, 5) is 44.0. The fourth-order valence-corrected chi connectivity index (χ4v) is 4.38. The molecule has 1 amide bonds. The largest absolute Gasteiger partial charge is 0.383 e. The summed E-state index contributed by atoms with van der Waals surface area (Å²) in [6.07, 6.45) is 8.15. The third-order valence-electron chi connectivity index (χ3n) is 6.37. The number of nitrogens with one attached hydrogen (secondary N) is 1. The van der Waals surface area contributed by atoms with Gasteiger partial charge in [-0.05, 0) is 51.5 Å². The van der Waals surface area contributed by atoms with Crippen LogP contribution in [0.3, 0.4) is 0 Å². The smallest absolute Gasteiger partial charge is 0.330 e. The van der Waals surface area contributed by atoms with Crippen molar-refractivity contribution in [2.45, 2.75) is 84.7 Å². The first-order valence-electron chi connectivity index (χ1n) is 11.5. The molecule has 1 aromatic rings. The predicted molar refractivity (Wildman–Crippen MR) is 122 cm³/mol. The van der Waals surface area contributed by atoms with Crippen LogP contribution in [-0.2, 0) is 11.3 Å². The number of rotatable bonds is 10. The van der Waals surface area contributed by atoms with Crippen LogP contribution in [0, 0.1) is 5.92 Å². The van der Waals surface area contributed by atoms with E-state index in [4.69, 9.17) is 5.73 Å². The lowest BCUT2D eigenvalue weighted by atomic mass is 9.84. The average Bonchev–Trinajstić information content (AvgIpc) is 2.73. The lowest BCUT2D eigenvalue weighted by molar-refractivity contribution is -0.120. The van der Waals surface area contributed by atoms with Crippen LogP contribution in [0.4, 0.5) is 11.5 Å². The average molecular weight is 422 g/mol. The van der Waals surface area contributed by atoms with Crippen LogP contribution in [0.2, 0.25) is 0 Å². The predicted octanol–water partition coefficient (Wildman–Crippen LogP) is 2.56. The number of nitrogens with two attached hydrogens (primary N) is 1. The molecule has 3 N–H and O–H groups in total. The van der Waals surface area contributed by atoms with E-state index in [0.29, 0.717) is 25.6 Å². The van der Waals surface area contributed by atoms with Crippen molar-refractivity contribution in [3.63, 3.8) is 0 Å². The van der Waals surface area contributed by atoms with Gasteiger partial charge in [0.05, 0.1) is 6.54 Å². The Labute approximate surface area is 179 Å². The Morgan fingerprint density at radius 2 is 1.80 bits per heavy atom. The van der Waals surface area contributed by atoms with Crippen molar-refractivity contribution >= 4 is 17.4 Å². The number of anilines is 2. The van der Waals surface area contributed by atoms with Gasteiger partial charge in [-0.15, -0.1) is 0 Å². The minimum absolute atomic E-state index is 0.0705. The van der Waals surface area contributed by atoms with Crippen molar-refractivity contribution in [1.29, 1.82) is 0 Å². The van der Waals surface area contributed by atoms with E-state index in [2.05, 4.69) is 16.8 Å². The van der Waals surface area contributed by atoms with Crippen LogP contribution in [0.15, 0.2) is 9.59 Å². The number of nitrogens with zero attached hydrogens (tertiary/aromatic N) is 3. The number of unbranched alkanes of at least 4 members (excludes halogenated alkanes) is 1.